The first-order valence-electron chi connectivity index (χ1n) is 4.57. The lowest BCUT2D eigenvalue weighted by atomic mass is 10.1. The predicted octanol–water partition coefficient (Wildman–Crippen LogP) is 3.20. The van der Waals surface area contributed by atoms with E-state index in [1.54, 1.807) is 0 Å². The molecule has 0 atom stereocenters. The van der Waals surface area contributed by atoms with E-state index in [0.717, 1.165) is 12.1 Å². The second-order valence-electron chi connectivity index (χ2n) is 3.51. The summed E-state index contributed by atoms with van der Waals surface area (Å²) in [7, 11) is 0. The van der Waals surface area contributed by atoms with Gasteiger partial charge in [-0.1, -0.05) is 35.9 Å². The summed E-state index contributed by atoms with van der Waals surface area (Å²) in [5.74, 6) is 0. The summed E-state index contributed by atoms with van der Waals surface area (Å²) in [6.45, 7) is 4.17. The van der Waals surface area contributed by atoms with Gasteiger partial charge in [-0.05, 0) is 19.4 Å². The Labute approximate surface area is 78.8 Å². The molecule has 1 aromatic carbocycles. The zero-order valence-corrected chi connectivity index (χ0v) is 8.04. The number of hydrogen-bond donors (Lipinski definition) is 0. The van der Waals surface area contributed by atoms with Gasteiger partial charge in [0.15, 0.2) is 0 Å². The molecule has 0 saturated heterocycles. The molecule has 0 aromatic heterocycles. The second kappa shape index (κ2) is 3.17. The van der Waals surface area contributed by atoms with E-state index in [2.05, 4.69) is 49.2 Å². The first kappa shape index (κ1) is 8.24. The molecule has 1 heterocycles. The first-order chi connectivity index (χ1) is 6.25. The normalized spacial score (nSPS) is 15.5. The van der Waals surface area contributed by atoms with Gasteiger partial charge >= 0.3 is 0 Å². The fraction of sp³-hybridized carbons (Fsp3) is 0.250. The Bertz CT molecular complexity index is 369. The molecular weight excluding hydrogens is 158 g/mol. The smallest absolute Gasteiger partial charge is 0.0665 e. The van der Waals surface area contributed by atoms with Crippen LogP contribution in [0.3, 0.4) is 0 Å². The van der Waals surface area contributed by atoms with Gasteiger partial charge in [0.2, 0.25) is 0 Å². The van der Waals surface area contributed by atoms with Gasteiger partial charge in [-0.25, -0.2) is 0 Å². The molecule has 0 aliphatic carbocycles. The Kier molecular flexibility index (Phi) is 2.01. The summed E-state index contributed by atoms with van der Waals surface area (Å²) in [6.07, 6.45) is 3.18. The number of rotatable bonds is 1. The highest BCUT2D eigenvalue weighted by molar-refractivity contribution is 5.94. The molecule has 0 N–H and O–H groups in total. The molecular formula is C12H13N. The van der Waals surface area contributed by atoms with Gasteiger partial charge in [-0.2, -0.15) is 0 Å². The number of benzene rings is 1. The molecule has 0 fully saturated rings. The van der Waals surface area contributed by atoms with Crippen LogP contribution in [0.1, 0.15) is 24.5 Å². The topological polar surface area (TPSA) is 12.4 Å². The van der Waals surface area contributed by atoms with Crippen LogP contribution >= 0.6 is 0 Å². The fourth-order valence-electron chi connectivity index (χ4n) is 1.45. The summed E-state index contributed by atoms with van der Waals surface area (Å²) in [6, 6.07) is 8.51. The van der Waals surface area contributed by atoms with E-state index in [-0.39, 0.29) is 0 Å². The Hall–Kier alpha value is -1.37. The van der Waals surface area contributed by atoms with Crippen LogP contribution in [0.4, 0.5) is 0 Å². The first-order valence-corrected chi connectivity index (χ1v) is 4.57. The average Bonchev–Trinajstić information content (AvgIpc) is 2.53. The van der Waals surface area contributed by atoms with Gasteiger partial charge in [0.1, 0.15) is 0 Å². The van der Waals surface area contributed by atoms with E-state index >= 15 is 0 Å². The lowest BCUT2D eigenvalue weighted by Gasteiger charge is -1.99. The van der Waals surface area contributed by atoms with Crippen molar-refractivity contribution in [1.82, 2.24) is 0 Å². The third-order valence-electron chi connectivity index (χ3n) is 2.25. The molecule has 2 rings (SSSR count). The minimum atomic E-state index is 1.00. The molecule has 0 amide bonds. The highest BCUT2D eigenvalue weighted by Gasteiger charge is 2.05. The quantitative estimate of drug-likeness (QED) is 0.615. The molecule has 0 spiro atoms. The fourth-order valence-corrected chi connectivity index (χ4v) is 1.45. The minimum absolute atomic E-state index is 1.00. The van der Waals surface area contributed by atoms with E-state index in [1.165, 1.54) is 16.8 Å². The molecule has 13 heavy (non-hydrogen) atoms. The monoisotopic (exact) mass is 171 g/mol. The maximum Gasteiger partial charge on any atom is 0.0665 e. The molecule has 1 aliphatic heterocycles. The van der Waals surface area contributed by atoms with Crippen LogP contribution in [0.2, 0.25) is 0 Å². The van der Waals surface area contributed by atoms with E-state index in [1.807, 2.05) is 0 Å². The number of aryl methyl sites for hydroxylation is 1. The molecule has 0 saturated carbocycles. The Morgan fingerprint density at radius 3 is 2.31 bits per heavy atom. The summed E-state index contributed by atoms with van der Waals surface area (Å²) in [4.78, 5) is 4.47. The zero-order chi connectivity index (χ0) is 9.26. The highest BCUT2D eigenvalue weighted by Crippen LogP contribution is 2.22. The molecule has 0 bridgehead atoms. The maximum atomic E-state index is 4.47. The lowest BCUT2D eigenvalue weighted by molar-refractivity contribution is 1.43. The van der Waals surface area contributed by atoms with Crippen LogP contribution < -0.4 is 0 Å². The van der Waals surface area contributed by atoms with Crippen molar-refractivity contribution in [2.24, 2.45) is 4.99 Å². The Balaban J connectivity index is 2.32. The molecule has 1 aromatic rings. The van der Waals surface area contributed by atoms with Gasteiger partial charge < -0.3 is 0 Å². The summed E-state index contributed by atoms with van der Waals surface area (Å²) in [5, 5.41) is 0. The van der Waals surface area contributed by atoms with Crippen molar-refractivity contribution in [2.75, 3.05) is 0 Å². The Morgan fingerprint density at radius 1 is 1.08 bits per heavy atom. The van der Waals surface area contributed by atoms with Crippen LogP contribution in [0.15, 0.2) is 35.3 Å². The Morgan fingerprint density at radius 2 is 1.77 bits per heavy atom. The molecule has 1 heteroatoms. The highest BCUT2D eigenvalue weighted by atomic mass is 14.8. The van der Waals surface area contributed by atoms with Crippen molar-refractivity contribution < 1.29 is 0 Å². The van der Waals surface area contributed by atoms with Crippen molar-refractivity contribution in [3.63, 3.8) is 0 Å². The third kappa shape index (κ3) is 1.69. The van der Waals surface area contributed by atoms with E-state index in [0.29, 0.717) is 0 Å². The SMILES string of the molecule is CC1=NC(c2ccc(C)cc2)=CC1. The van der Waals surface area contributed by atoms with E-state index in [4.69, 9.17) is 0 Å². The van der Waals surface area contributed by atoms with Crippen LogP contribution in [0.25, 0.3) is 5.70 Å². The van der Waals surface area contributed by atoms with Crippen LogP contribution in [0.5, 0.6) is 0 Å². The van der Waals surface area contributed by atoms with Crippen LogP contribution in [0, 0.1) is 6.92 Å². The van der Waals surface area contributed by atoms with Crippen molar-refractivity contribution >= 4 is 11.4 Å². The minimum Gasteiger partial charge on any atom is -0.258 e. The molecule has 1 aliphatic rings. The standard InChI is InChI=1S/C12H13N/c1-9-3-6-11(7-4-9)12-8-5-10(2)13-12/h3-4,6-8H,5H2,1-2H3. The zero-order valence-electron chi connectivity index (χ0n) is 8.04. The van der Waals surface area contributed by atoms with Crippen molar-refractivity contribution in [1.29, 1.82) is 0 Å². The van der Waals surface area contributed by atoms with Crippen LogP contribution in [-0.4, -0.2) is 5.71 Å². The third-order valence-corrected chi connectivity index (χ3v) is 2.25. The predicted molar refractivity (Wildman–Crippen MR) is 56.9 cm³/mol. The van der Waals surface area contributed by atoms with Gasteiger partial charge in [-0.3, -0.25) is 4.99 Å². The van der Waals surface area contributed by atoms with Gasteiger partial charge in [0, 0.05) is 12.1 Å². The molecule has 0 radical (unpaired) electrons. The maximum absolute atomic E-state index is 4.47. The summed E-state index contributed by atoms with van der Waals surface area (Å²) in [5.41, 5.74) is 4.85. The summed E-state index contributed by atoms with van der Waals surface area (Å²) >= 11 is 0. The average molecular weight is 171 g/mol. The van der Waals surface area contributed by atoms with Gasteiger partial charge in [0.25, 0.3) is 0 Å². The number of hydrogen-bond acceptors (Lipinski definition) is 1. The number of allylic oxidation sites excluding steroid dienone is 1. The van der Waals surface area contributed by atoms with Gasteiger partial charge in [-0.15, -0.1) is 0 Å². The molecule has 66 valence electrons. The summed E-state index contributed by atoms with van der Waals surface area (Å²) < 4.78 is 0. The number of aliphatic imine (C=N–C) groups is 1. The second-order valence-corrected chi connectivity index (χ2v) is 3.51. The van der Waals surface area contributed by atoms with E-state index in [9.17, 15) is 0 Å². The van der Waals surface area contributed by atoms with Gasteiger partial charge in [0.05, 0.1) is 5.70 Å². The largest absolute Gasteiger partial charge is 0.258 e. The van der Waals surface area contributed by atoms with Crippen molar-refractivity contribution in [3.8, 4) is 0 Å². The van der Waals surface area contributed by atoms with Crippen LogP contribution in [-0.2, 0) is 0 Å². The molecule has 1 nitrogen and oxygen atoms in total. The lowest BCUT2D eigenvalue weighted by Crippen LogP contribution is -1.81. The van der Waals surface area contributed by atoms with Crippen molar-refractivity contribution in [2.45, 2.75) is 20.3 Å². The number of nitrogens with zero attached hydrogens (tertiary/aromatic N) is 1. The van der Waals surface area contributed by atoms with E-state index < -0.39 is 0 Å². The molecule has 0 unspecified atom stereocenters. The van der Waals surface area contributed by atoms with Crippen molar-refractivity contribution in [3.05, 3.63) is 41.5 Å².